The predicted molar refractivity (Wildman–Crippen MR) is 84.7 cm³/mol. The second kappa shape index (κ2) is 6.17. The average molecular weight is 327 g/mol. The predicted octanol–water partition coefficient (Wildman–Crippen LogP) is 1.34. The Bertz CT molecular complexity index is 769. The minimum atomic E-state index is -0.457. The van der Waals surface area contributed by atoms with Gasteiger partial charge in [-0.3, -0.25) is 4.90 Å². The number of hydrogen-bond acceptors (Lipinski definition) is 6. The Hall–Kier alpha value is -2.53. The number of benzene rings is 1. The number of anilines is 1. The minimum Gasteiger partial charge on any atom is -0.368 e. The van der Waals surface area contributed by atoms with E-state index < -0.39 is 5.82 Å². The second-order valence-corrected chi connectivity index (χ2v) is 6.28. The van der Waals surface area contributed by atoms with Gasteiger partial charge in [0.05, 0.1) is 18.3 Å². The fraction of sp³-hybridized carbons (Fsp3) is 0.500. The van der Waals surface area contributed by atoms with Gasteiger partial charge < -0.3 is 4.90 Å². The highest BCUT2D eigenvalue weighted by molar-refractivity contribution is 5.60. The molecular weight excluding hydrogens is 309 g/mol. The molecule has 7 nitrogen and oxygen atoms in total. The Morgan fingerprint density at radius 1 is 1.21 bits per heavy atom. The highest BCUT2D eigenvalue weighted by atomic mass is 19.1. The zero-order valence-corrected chi connectivity index (χ0v) is 13.3. The first-order valence-corrected chi connectivity index (χ1v) is 8.19. The molecule has 0 atom stereocenters. The Labute approximate surface area is 139 Å². The van der Waals surface area contributed by atoms with Crippen LogP contribution in [0.15, 0.2) is 18.2 Å². The van der Waals surface area contributed by atoms with Gasteiger partial charge in [0, 0.05) is 26.2 Å². The van der Waals surface area contributed by atoms with Crippen molar-refractivity contribution in [2.45, 2.75) is 25.4 Å². The van der Waals surface area contributed by atoms with Crippen molar-refractivity contribution in [2.24, 2.45) is 0 Å². The van der Waals surface area contributed by atoms with Crippen LogP contribution in [0.4, 0.5) is 10.1 Å². The Balaban J connectivity index is 1.41. The summed E-state index contributed by atoms with van der Waals surface area (Å²) in [5, 5.41) is 21.2. The van der Waals surface area contributed by atoms with E-state index in [1.54, 1.807) is 6.07 Å². The van der Waals surface area contributed by atoms with E-state index in [-0.39, 0.29) is 5.56 Å². The van der Waals surface area contributed by atoms with Gasteiger partial charge in [-0.25, -0.2) is 9.07 Å². The molecule has 124 valence electrons. The van der Waals surface area contributed by atoms with Crippen LogP contribution in [0.2, 0.25) is 0 Å². The van der Waals surface area contributed by atoms with Gasteiger partial charge >= 0.3 is 0 Å². The summed E-state index contributed by atoms with van der Waals surface area (Å²) in [6, 6.07) is 7.24. The van der Waals surface area contributed by atoms with Crippen LogP contribution in [-0.4, -0.2) is 51.3 Å². The number of tetrazole rings is 1. The van der Waals surface area contributed by atoms with Crippen molar-refractivity contribution in [3.8, 4) is 6.07 Å². The molecule has 1 saturated carbocycles. The molecular formula is C16H18FN7. The first-order valence-electron chi connectivity index (χ1n) is 8.19. The number of rotatable bonds is 4. The lowest BCUT2D eigenvalue weighted by atomic mass is 10.1. The van der Waals surface area contributed by atoms with Gasteiger partial charge in [-0.15, -0.1) is 5.10 Å². The van der Waals surface area contributed by atoms with E-state index in [9.17, 15) is 9.65 Å². The van der Waals surface area contributed by atoms with Gasteiger partial charge in [0.1, 0.15) is 17.4 Å². The van der Waals surface area contributed by atoms with Crippen LogP contribution in [0.3, 0.4) is 0 Å². The van der Waals surface area contributed by atoms with Gasteiger partial charge in [-0.05, 0) is 35.4 Å². The molecule has 8 heteroatoms. The molecule has 0 N–H and O–H groups in total. The number of nitrogens with zero attached hydrogens (tertiary/aromatic N) is 7. The fourth-order valence-electron chi connectivity index (χ4n) is 3.15. The van der Waals surface area contributed by atoms with Gasteiger partial charge in [-0.2, -0.15) is 5.26 Å². The van der Waals surface area contributed by atoms with E-state index in [2.05, 4.69) is 25.3 Å². The molecule has 1 aromatic carbocycles. The summed E-state index contributed by atoms with van der Waals surface area (Å²) in [5.41, 5.74) is 0.809. The molecule has 0 amide bonds. The molecule has 0 bridgehead atoms. The maximum atomic E-state index is 13.8. The van der Waals surface area contributed by atoms with E-state index in [4.69, 9.17) is 0 Å². The lowest BCUT2D eigenvalue weighted by Crippen LogP contribution is -2.46. The third kappa shape index (κ3) is 2.83. The van der Waals surface area contributed by atoms with Crippen LogP contribution >= 0.6 is 0 Å². The summed E-state index contributed by atoms with van der Waals surface area (Å²) in [7, 11) is 0. The minimum absolute atomic E-state index is 0.128. The highest BCUT2D eigenvalue weighted by Crippen LogP contribution is 2.34. The van der Waals surface area contributed by atoms with Crippen molar-refractivity contribution in [3.63, 3.8) is 0 Å². The molecule has 2 aliphatic rings. The Kier molecular flexibility index (Phi) is 3.86. The second-order valence-electron chi connectivity index (χ2n) is 6.28. The molecule has 4 rings (SSSR count). The van der Waals surface area contributed by atoms with Crippen molar-refractivity contribution in [1.29, 1.82) is 5.26 Å². The first kappa shape index (κ1) is 15.0. The summed E-state index contributed by atoms with van der Waals surface area (Å²) in [6.07, 6.45) is 2.31. The zero-order chi connectivity index (χ0) is 16.5. The summed E-state index contributed by atoms with van der Waals surface area (Å²) in [5.74, 6) is 0.454. The molecule has 2 fully saturated rings. The summed E-state index contributed by atoms with van der Waals surface area (Å²) >= 11 is 0. The molecule has 1 aliphatic carbocycles. The van der Waals surface area contributed by atoms with Crippen molar-refractivity contribution in [3.05, 3.63) is 35.4 Å². The van der Waals surface area contributed by atoms with Crippen molar-refractivity contribution in [2.75, 3.05) is 31.1 Å². The van der Waals surface area contributed by atoms with Gasteiger partial charge in [0.2, 0.25) is 0 Å². The monoisotopic (exact) mass is 327 g/mol. The maximum absolute atomic E-state index is 13.8. The number of halogens is 1. The largest absolute Gasteiger partial charge is 0.368 e. The van der Waals surface area contributed by atoms with Gasteiger partial charge in [-0.1, -0.05) is 6.07 Å². The van der Waals surface area contributed by atoms with Crippen LogP contribution in [0, 0.1) is 17.1 Å². The van der Waals surface area contributed by atoms with Crippen molar-refractivity contribution >= 4 is 5.69 Å². The van der Waals surface area contributed by atoms with Gasteiger partial charge in [0.25, 0.3) is 0 Å². The summed E-state index contributed by atoms with van der Waals surface area (Å²) in [6.45, 7) is 3.90. The molecule has 24 heavy (non-hydrogen) atoms. The molecule has 0 spiro atoms. The van der Waals surface area contributed by atoms with E-state index in [1.165, 1.54) is 6.07 Å². The topological polar surface area (TPSA) is 73.9 Å². The van der Waals surface area contributed by atoms with E-state index >= 15 is 0 Å². The fourth-order valence-corrected chi connectivity index (χ4v) is 3.15. The van der Waals surface area contributed by atoms with Crippen molar-refractivity contribution < 1.29 is 4.39 Å². The van der Waals surface area contributed by atoms with Crippen LogP contribution in [-0.2, 0) is 6.54 Å². The van der Waals surface area contributed by atoms with E-state index in [1.807, 2.05) is 16.8 Å². The highest BCUT2D eigenvalue weighted by Gasteiger charge is 2.29. The molecule has 2 heterocycles. The van der Waals surface area contributed by atoms with Crippen LogP contribution in [0.1, 0.15) is 30.3 Å². The lowest BCUT2D eigenvalue weighted by Gasteiger charge is -2.36. The quantitative estimate of drug-likeness (QED) is 0.844. The Morgan fingerprint density at radius 2 is 2.00 bits per heavy atom. The van der Waals surface area contributed by atoms with E-state index in [0.717, 1.165) is 51.4 Å². The first-order chi connectivity index (χ1) is 11.8. The lowest BCUT2D eigenvalue weighted by molar-refractivity contribution is 0.239. The zero-order valence-electron chi connectivity index (χ0n) is 13.3. The van der Waals surface area contributed by atoms with Crippen LogP contribution in [0.5, 0.6) is 0 Å². The molecule has 1 saturated heterocycles. The molecule has 2 aromatic rings. The number of aromatic nitrogens is 4. The molecule has 0 radical (unpaired) electrons. The molecule has 1 aromatic heterocycles. The number of piperazine rings is 1. The third-order valence-corrected chi connectivity index (χ3v) is 4.64. The summed E-state index contributed by atoms with van der Waals surface area (Å²) < 4.78 is 15.7. The van der Waals surface area contributed by atoms with Crippen LogP contribution in [0.25, 0.3) is 0 Å². The normalized spacial score (nSPS) is 18.6. The van der Waals surface area contributed by atoms with Crippen LogP contribution < -0.4 is 4.90 Å². The molecule has 1 aliphatic heterocycles. The smallest absolute Gasteiger partial charge is 0.165 e. The molecule has 0 unspecified atom stereocenters. The number of nitriles is 1. The summed E-state index contributed by atoms with van der Waals surface area (Å²) in [4.78, 5) is 4.37. The third-order valence-electron chi connectivity index (χ3n) is 4.64. The standard InChI is InChI=1S/C16H18FN7/c17-14-2-1-3-15(13(14)10-18)23-8-6-22(7-9-23)11-16-19-20-21-24(16)12-4-5-12/h1-3,12H,4-9,11H2. The maximum Gasteiger partial charge on any atom is 0.165 e. The Morgan fingerprint density at radius 3 is 2.71 bits per heavy atom. The van der Waals surface area contributed by atoms with Gasteiger partial charge in [0.15, 0.2) is 5.82 Å². The van der Waals surface area contributed by atoms with Crippen molar-refractivity contribution in [1.82, 2.24) is 25.1 Å². The average Bonchev–Trinajstić information content (AvgIpc) is 3.35. The number of hydrogen-bond donors (Lipinski definition) is 0. The van der Waals surface area contributed by atoms with E-state index in [0.29, 0.717) is 11.7 Å². The SMILES string of the molecule is N#Cc1c(F)cccc1N1CCN(Cc2nnnn2C2CC2)CC1.